The van der Waals surface area contributed by atoms with Gasteiger partial charge in [0.2, 0.25) is 21.8 Å². The van der Waals surface area contributed by atoms with Crippen molar-refractivity contribution in [3.8, 4) is 0 Å². The van der Waals surface area contributed by atoms with Gasteiger partial charge in [0.15, 0.2) is 0 Å². The highest BCUT2D eigenvalue weighted by atomic mass is 32.2. The molecule has 1 fully saturated rings. The highest BCUT2D eigenvalue weighted by molar-refractivity contribution is 7.89. The van der Waals surface area contributed by atoms with Crippen LogP contribution in [0.1, 0.15) is 43.7 Å². The van der Waals surface area contributed by atoms with Crippen molar-refractivity contribution in [1.82, 2.24) is 14.5 Å². The SMILES string of the molecule is COCCCNC(=O)C(C)N(Cc1ccccc1)C(=O)CCc1ccc(S(=O)(=O)N2CCCC2)cc1. The fraction of sp³-hybridized carbons (Fsp3) is 0.481. The Morgan fingerprint density at radius 3 is 2.33 bits per heavy atom. The van der Waals surface area contributed by atoms with Crippen LogP contribution >= 0.6 is 0 Å². The summed E-state index contributed by atoms with van der Waals surface area (Å²) in [5.41, 5.74) is 1.82. The Hall–Kier alpha value is -2.75. The molecular weight excluding hydrogens is 478 g/mol. The monoisotopic (exact) mass is 515 g/mol. The molecule has 1 heterocycles. The van der Waals surface area contributed by atoms with Crippen LogP contribution in [0.3, 0.4) is 0 Å². The minimum atomic E-state index is -3.46. The molecule has 8 nitrogen and oxygen atoms in total. The van der Waals surface area contributed by atoms with E-state index in [1.165, 1.54) is 4.31 Å². The molecule has 36 heavy (non-hydrogen) atoms. The molecule has 0 aliphatic carbocycles. The smallest absolute Gasteiger partial charge is 0.243 e. The van der Waals surface area contributed by atoms with Gasteiger partial charge in [-0.25, -0.2) is 8.42 Å². The van der Waals surface area contributed by atoms with E-state index in [1.54, 1.807) is 43.2 Å². The average molecular weight is 516 g/mol. The van der Waals surface area contributed by atoms with Gasteiger partial charge in [0.1, 0.15) is 6.04 Å². The Balaban J connectivity index is 1.64. The highest BCUT2D eigenvalue weighted by Gasteiger charge is 2.28. The van der Waals surface area contributed by atoms with Crippen molar-refractivity contribution in [3.05, 3.63) is 65.7 Å². The molecule has 1 atom stereocenters. The predicted molar refractivity (Wildman–Crippen MR) is 139 cm³/mol. The number of hydrogen-bond acceptors (Lipinski definition) is 5. The number of benzene rings is 2. The van der Waals surface area contributed by atoms with E-state index in [1.807, 2.05) is 30.3 Å². The molecule has 0 radical (unpaired) electrons. The van der Waals surface area contributed by atoms with Crippen LogP contribution in [-0.4, -0.2) is 68.8 Å². The van der Waals surface area contributed by atoms with Crippen LogP contribution in [0, 0.1) is 0 Å². The first-order valence-corrected chi connectivity index (χ1v) is 14.0. The van der Waals surface area contributed by atoms with Gasteiger partial charge in [-0.15, -0.1) is 0 Å². The van der Waals surface area contributed by atoms with Crippen molar-refractivity contribution in [2.45, 2.75) is 56.5 Å². The molecule has 1 unspecified atom stereocenters. The maximum Gasteiger partial charge on any atom is 0.243 e. The molecule has 2 amide bonds. The Kier molecular flexibility index (Phi) is 10.5. The maximum atomic E-state index is 13.3. The van der Waals surface area contributed by atoms with Gasteiger partial charge >= 0.3 is 0 Å². The zero-order chi connectivity index (χ0) is 26.0. The topological polar surface area (TPSA) is 96.0 Å². The average Bonchev–Trinajstić information content (AvgIpc) is 3.45. The summed E-state index contributed by atoms with van der Waals surface area (Å²) in [5, 5.41) is 2.88. The Labute approximate surface area is 214 Å². The number of methoxy groups -OCH3 is 1. The molecular formula is C27H37N3O5S. The lowest BCUT2D eigenvalue weighted by atomic mass is 10.1. The van der Waals surface area contributed by atoms with Crippen molar-refractivity contribution in [1.29, 1.82) is 0 Å². The molecule has 196 valence electrons. The number of carbonyl (C=O) groups is 2. The van der Waals surface area contributed by atoms with E-state index >= 15 is 0 Å². The summed E-state index contributed by atoms with van der Waals surface area (Å²) in [5.74, 6) is -0.334. The molecule has 1 aliphatic rings. The fourth-order valence-corrected chi connectivity index (χ4v) is 5.76. The largest absolute Gasteiger partial charge is 0.385 e. The Morgan fingerprint density at radius 2 is 1.69 bits per heavy atom. The number of carbonyl (C=O) groups excluding carboxylic acids is 2. The van der Waals surface area contributed by atoms with Crippen molar-refractivity contribution in [2.24, 2.45) is 0 Å². The zero-order valence-electron chi connectivity index (χ0n) is 21.2. The maximum absolute atomic E-state index is 13.3. The highest BCUT2D eigenvalue weighted by Crippen LogP contribution is 2.21. The van der Waals surface area contributed by atoms with Crippen LogP contribution in [0.5, 0.6) is 0 Å². The van der Waals surface area contributed by atoms with Crippen molar-refractivity contribution >= 4 is 21.8 Å². The number of nitrogens with one attached hydrogen (secondary N) is 1. The van der Waals surface area contributed by atoms with Gasteiger partial charge in [-0.3, -0.25) is 9.59 Å². The minimum absolute atomic E-state index is 0.132. The van der Waals surface area contributed by atoms with Crippen LogP contribution in [-0.2, 0) is 37.3 Å². The molecule has 9 heteroatoms. The summed E-state index contributed by atoms with van der Waals surface area (Å²) < 4.78 is 32.0. The summed E-state index contributed by atoms with van der Waals surface area (Å²) in [4.78, 5) is 27.9. The standard InChI is InChI=1S/C27H37N3O5S/c1-22(27(32)28-17-8-20-35-2)30(21-24-9-4-3-5-10-24)26(31)16-13-23-11-14-25(15-12-23)36(33,34)29-18-6-7-19-29/h3-5,9-12,14-15,22H,6-8,13,16-21H2,1-2H3,(H,28,32). The van der Waals surface area contributed by atoms with Crippen molar-refractivity contribution in [3.63, 3.8) is 0 Å². The van der Waals surface area contributed by atoms with Gasteiger partial charge in [-0.05, 0) is 55.9 Å². The van der Waals surface area contributed by atoms with Crippen LogP contribution in [0.2, 0.25) is 0 Å². The molecule has 0 saturated carbocycles. The molecule has 3 rings (SSSR count). The lowest BCUT2D eigenvalue weighted by Crippen LogP contribution is -2.48. The number of aryl methyl sites for hydroxylation is 1. The molecule has 0 bridgehead atoms. The van der Waals surface area contributed by atoms with Gasteiger partial charge in [-0.2, -0.15) is 4.31 Å². The number of hydrogen-bond donors (Lipinski definition) is 1. The van der Waals surface area contributed by atoms with E-state index in [-0.39, 0.29) is 23.1 Å². The number of ether oxygens (including phenoxy) is 1. The first-order chi connectivity index (χ1) is 17.3. The molecule has 1 aliphatic heterocycles. The Morgan fingerprint density at radius 1 is 1.03 bits per heavy atom. The lowest BCUT2D eigenvalue weighted by molar-refractivity contribution is -0.140. The predicted octanol–water partition coefficient (Wildman–Crippen LogP) is 2.97. The second-order valence-electron chi connectivity index (χ2n) is 9.08. The normalized spacial score (nSPS) is 14.9. The van der Waals surface area contributed by atoms with Crippen LogP contribution in [0.4, 0.5) is 0 Å². The first-order valence-electron chi connectivity index (χ1n) is 12.5. The van der Waals surface area contributed by atoms with E-state index < -0.39 is 16.1 Å². The number of rotatable bonds is 13. The number of amides is 2. The van der Waals surface area contributed by atoms with Crippen molar-refractivity contribution in [2.75, 3.05) is 33.4 Å². The lowest BCUT2D eigenvalue weighted by Gasteiger charge is -2.29. The zero-order valence-corrected chi connectivity index (χ0v) is 22.0. The van der Waals surface area contributed by atoms with Gasteiger partial charge < -0.3 is 15.0 Å². The second-order valence-corrected chi connectivity index (χ2v) is 11.0. The van der Waals surface area contributed by atoms with Gasteiger partial charge in [-0.1, -0.05) is 42.5 Å². The summed E-state index contributed by atoms with van der Waals surface area (Å²) in [6.45, 7) is 4.24. The molecule has 2 aromatic carbocycles. The molecule has 1 saturated heterocycles. The first kappa shape index (κ1) is 27.8. The molecule has 2 aromatic rings. The van der Waals surface area contributed by atoms with Gasteiger partial charge in [0.05, 0.1) is 4.90 Å². The molecule has 0 aromatic heterocycles. The third-order valence-electron chi connectivity index (χ3n) is 6.44. The van der Waals surface area contributed by atoms with E-state index in [0.29, 0.717) is 45.6 Å². The third kappa shape index (κ3) is 7.62. The summed E-state index contributed by atoms with van der Waals surface area (Å²) in [6.07, 6.45) is 3.15. The van der Waals surface area contributed by atoms with E-state index in [2.05, 4.69) is 5.32 Å². The quantitative estimate of drug-likeness (QED) is 0.414. The third-order valence-corrected chi connectivity index (χ3v) is 8.35. The van der Waals surface area contributed by atoms with E-state index in [9.17, 15) is 18.0 Å². The molecule has 1 N–H and O–H groups in total. The van der Waals surface area contributed by atoms with E-state index in [4.69, 9.17) is 4.74 Å². The van der Waals surface area contributed by atoms with Crippen molar-refractivity contribution < 1.29 is 22.7 Å². The van der Waals surface area contributed by atoms with Gasteiger partial charge in [0, 0.05) is 46.3 Å². The van der Waals surface area contributed by atoms with E-state index in [0.717, 1.165) is 24.0 Å². The van der Waals surface area contributed by atoms with Crippen LogP contribution < -0.4 is 5.32 Å². The van der Waals surface area contributed by atoms with Crippen LogP contribution in [0.15, 0.2) is 59.5 Å². The fourth-order valence-electron chi connectivity index (χ4n) is 4.24. The minimum Gasteiger partial charge on any atom is -0.385 e. The Bertz CT molecular complexity index is 1080. The summed E-state index contributed by atoms with van der Waals surface area (Å²) in [6, 6.07) is 15.7. The van der Waals surface area contributed by atoms with Gasteiger partial charge in [0.25, 0.3) is 0 Å². The molecule has 0 spiro atoms. The van der Waals surface area contributed by atoms with Crippen LogP contribution in [0.25, 0.3) is 0 Å². The summed E-state index contributed by atoms with van der Waals surface area (Å²) >= 11 is 0. The number of nitrogens with zero attached hydrogens (tertiary/aromatic N) is 2. The second kappa shape index (κ2) is 13.5. The number of sulfonamides is 1. The summed E-state index contributed by atoms with van der Waals surface area (Å²) in [7, 11) is -1.85.